The van der Waals surface area contributed by atoms with Gasteiger partial charge in [-0.1, -0.05) is 11.3 Å². The third-order valence-corrected chi connectivity index (χ3v) is 4.00. The molecule has 1 aliphatic heterocycles. The molecule has 0 aliphatic carbocycles. The number of amides is 1. The largest absolute Gasteiger partial charge is 0.371 e. The highest BCUT2D eigenvalue weighted by molar-refractivity contribution is 5.78. The quantitative estimate of drug-likeness (QED) is 0.586. The lowest BCUT2D eigenvalue weighted by Gasteiger charge is -2.20. The van der Waals surface area contributed by atoms with Crippen molar-refractivity contribution in [1.29, 1.82) is 0 Å². The summed E-state index contributed by atoms with van der Waals surface area (Å²) in [6.45, 7) is 6.16. The van der Waals surface area contributed by atoms with Crippen LogP contribution in [0.25, 0.3) is 0 Å². The second kappa shape index (κ2) is 7.98. The Bertz CT molecular complexity index is 744. The Hall–Kier alpha value is -2.61. The van der Waals surface area contributed by atoms with E-state index in [-0.39, 0.29) is 12.3 Å². The first-order valence-corrected chi connectivity index (χ1v) is 8.15. The smallest absolute Gasteiger partial charge is 0.228 e. The van der Waals surface area contributed by atoms with Crippen LogP contribution in [0.5, 0.6) is 0 Å². The molecule has 0 bridgehead atoms. The van der Waals surface area contributed by atoms with Crippen molar-refractivity contribution in [3.63, 3.8) is 0 Å². The van der Waals surface area contributed by atoms with E-state index in [9.17, 15) is 9.18 Å². The highest BCUT2D eigenvalue weighted by Crippen LogP contribution is 2.16. The number of carbonyl (C=O) groups excluding carboxylic acids is 1. The van der Waals surface area contributed by atoms with Gasteiger partial charge in [-0.25, -0.2) is 9.07 Å². The average molecular weight is 345 g/mol. The average Bonchev–Trinajstić information content (AvgIpc) is 2.85. The minimum atomic E-state index is -0.412. The van der Waals surface area contributed by atoms with E-state index in [1.54, 1.807) is 11.0 Å². The van der Waals surface area contributed by atoms with Crippen molar-refractivity contribution in [3.8, 4) is 0 Å². The number of nitrogens with zero attached hydrogens (tertiary/aromatic N) is 5. The minimum absolute atomic E-state index is 0.0493. The maximum atomic E-state index is 12.9. The SMILES string of the molecule is C=CCOCc1nnn2c1CN(C(=O)Cc1ccc(F)cn1)CCC2. The molecule has 3 rings (SSSR count). The van der Waals surface area contributed by atoms with E-state index in [0.29, 0.717) is 38.5 Å². The summed E-state index contributed by atoms with van der Waals surface area (Å²) >= 11 is 0. The first-order valence-electron chi connectivity index (χ1n) is 8.15. The molecule has 0 atom stereocenters. The highest BCUT2D eigenvalue weighted by atomic mass is 19.1. The van der Waals surface area contributed by atoms with E-state index in [4.69, 9.17) is 4.74 Å². The van der Waals surface area contributed by atoms with Crippen molar-refractivity contribution in [3.05, 3.63) is 53.9 Å². The summed E-state index contributed by atoms with van der Waals surface area (Å²) in [4.78, 5) is 18.3. The van der Waals surface area contributed by atoms with E-state index in [0.717, 1.165) is 24.0 Å². The fourth-order valence-electron chi connectivity index (χ4n) is 2.73. The van der Waals surface area contributed by atoms with Crippen molar-refractivity contribution >= 4 is 5.91 Å². The summed E-state index contributed by atoms with van der Waals surface area (Å²) in [6, 6.07) is 2.84. The molecule has 1 amide bonds. The molecule has 0 N–H and O–H groups in total. The lowest BCUT2D eigenvalue weighted by molar-refractivity contribution is -0.131. The zero-order chi connectivity index (χ0) is 17.6. The van der Waals surface area contributed by atoms with Gasteiger partial charge in [0.05, 0.1) is 38.1 Å². The molecular weight excluding hydrogens is 325 g/mol. The predicted molar refractivity (Wildman–Crippen MR) is 87.8 cm³/mol. The van der Waals surface area contributed by atoms with Crippen LogP contribution in [0.3, 0.4) is 0 Å². The van der Waals surface area contributed by atoms with Gasteiger partial charge in [-0.3, -0.25) is 9.78 Å². The van der Waals surface area contributed by atoms with Crippen LogP contribution in [-0.4, -0.2) is 43.9 Å². The molecule has 0 unspecified atom stereocenters. The number of hydrogen-bond donors (Lipinski definition) is 0. The van der Waals surface area contributed by atoms with Gasteiger partial charge in [0.2, 0.25) is 5.91 Å². The fraction of sp³-hybridized carbons (Fsp3) is 0.412. The molecule has 0 saturated heterocycles. The molecule has 0 saturated carbocycles. The number of pyridine rings is 1. The molecule has 0 radical (unpaired) electrons. The Balaban J connectivity index is 1.69. The number of halogens is 1. The van der Waals surface area contributed by atoms with E-state index in [1.807, 2.05) is 4.68 Å². The number of rotatable bonds is 6. The van der Waals surface area contributed by atoms with Gasteiger partial charge in [0, 0.05) is 18.8 Å². The van der Waals surface area contributed by atoms with Gasteiger partial charge < -0.3 is 9.64 Å². The summed E-state index contributed by atoms with van der Waals surface area (Å²) in [6.07, 6.45) is 3.74. The van der Waals surface area contributed by atoms with Gasteiger partial charge in [-0.15, -0.1) is 11.7 Å². The van der Waals surface area contributed by atoms with E-state index >= 15 is 0 Å². The molecule has 1 aliphatic rings. The number of aryl methyl sites for hydroxylation is 1. The normalized spacial score (nSPS) is 14.0. The van der Waals surface area contributed by atoms with Crippen molar-refractivity contribution in [2.75, 3.05) is 13.2 Å². The van der Waals surface area contributed by atoms with Gasteiger partial charge in [-0.05, 0) is 18.6 Å². The van der Waals surface area contributed by atoms with Crippen molar-refractivity contribution in [1.82, 2.24) is 24.9 Å². The maximum absolute atomic E-state index is 12.9. The maximum Gasteiger partial charge on any atom is 0.228 e. The zero-order valence-corrected chi connectivity index (χ0v) is 13.9. The van der Waals surface area contributed by atoms with Crippen LogP contribution < -0.4 is 0 Å². The first kappa shape index (κ1) is 17.2. The highest BCUT2D eigenvalue weighted by Gasteiger charge is 2.23. The topological polar surface area (TPSA) is 73.1 Å². The Labute approximate surface area is 145 Å². The van der Waals surface area contributed by atoms with Gasteiger partial charge in [0.1, 0.15) is 11.5 Å². The third kappa shape index (κ3) is 4.27. The number of aromatic nitrogens is 4. The number of carbonyl (C=O) groups is 1. The monoisotopic (exact) mass is 345 g/mol. The molecular formula is C17H20FN5O2. The molecule has 2 aromatic rings. The minimum Gasteiger partial charge on any atom is -0.371 e. The van der Waals surface area contributed by atoms with E-state index < -0.39 is 5.82 Å². The summed E-state index contributed by atoms with van der Waals surface area (Å²) in [5.74, 6) is -0.461. The third-order valence-electron chi connectivity index (χ3n) is 4.00. The lowest BCUT2D eigenvalue weighted by Crippen LogP contribution is -2.32. The van der Waals surface area contributed by atoms with Gasteiger partial charge in [0.15, 0.2) is 0 Å². The fourth-order valence-corrected chi connectivity index (χ4v) is 2.73. The molecule has 8 heteroatoms. The molecule has 0 fully saturated rings. The van der Waals surface area contributed by atoms with Crippen molar-refractivity contribution in [2.45, 2.75) is 32.5 Å². The standard InChI is InChI=1S/C17H20FN5O2/c1-2-8-25-12-15-16-11-22(6-3-7-23(16)21-20-15)17(24)9-14-5-4-13(18)10-19-14/h2,4-5,10H,1,3,6-9,11-12H2. The van der Waals surface area contributed by atoms with E-state index in [2.05, 4.69) is 21.9 Å². The summed E-state index contributed by atoms with van der Waals surface area (Å²) in [5, 5.41) is 8.31. The predicted octanol–water partition coefficient (Wildman–Crippen LogP) is 1.49. The molecule has 3 heterocycles. The van der Waals surface area contributed by atoms with Crippen molar-refractivity contribution < 1.29 is 13.9 Å². The van der Waals surface area contributed by atoms with Crippen LogP contribution in [0.2, 0.25) is 0 Å². The van der Waals surface area contributed by atoms with Crippen LogP contribution in [-0.2, 0) is 35.6 Å². The van der Waals surface area contributed by atoms with Crippen LogP contribution in [0.1, 0.15) is 23.5 Å². The Kier molecular flexibility index (Phi) is 5.49. The number of ether oxygens (including phenoxy) is 1. The number of hydrogen-bond acceptors (Lipinski definition) is 5. The second-order valence-corrected chi connectivity index (χ2v) is 5.82. The molecule has 0 spiro atoms. The Morgan fingerprint density at radius 2 is 2.28 bits per heavy atom. The summed E-state index contributed by atoms with van der Waals surface area (Å²) in [7, 11) is 0. The van der Waals surface area contributed by atoms with Gasteiger partial charge in [-0.2, -0.15) is 0 Å². The van der Waals surface area contributed by atoms with E-state index in [1.165, 1.54) is 12.1 Å². The molecule has 7 nitrogen and oxygen atoms in total. The molecule has 132 valence electrons. The summed E-state index contributed by atoms with van der Waals surface area (Å²) in [5.41, 5.74) is 2.18. The number of fused-ring (bicyclic) bond motifs is 1. The lowest BCUT2D eigenvalue weighted by atomic mass is 10.2. The Morgan fingerprint density at radius 1 is 1.40 bits per heavy atom. The first-order chi connectivity index (χ1) is 12.2. The van der Waals surface area contributed by atoms with Crippen LogP contribution >= 0.6 is 0 Å². The van der Waals surface area contributed by atoms with Crippen LogP contribution in [0, 0.1) is 5.82 Å². The van der Waals surface area contributed by atoms with Gasteiger partial charge in [0.25, 0.3) is 0 Å². The van der Waals surface area contributed by atoms with Crippen LogP contribution in [0.15, 0.2) is 31.0 Å². The molecule has 2 aromatic heterocycles. The Morgan fingerprint density at radius 3 is 3.04 bits per heavy atom. The van der Waals surface area contributed by atoms with Crippen LogP contribution in [0.4, 0.5) is 4.39 Å². The summed E-state index contributed by atoms with van der Waals surface area (Å²) < 4.78 is 20.2. The molecule has 25 heavy (non-hydrogen) atoms. The zero-order valence-electron chi connectivity index (χ0n) is 13.9. The van der Waals surface area contributed by atoms with Gasteiger partial charge >= 0.3 is 0 Å². The molecule has 0 aromatic carbocycles. The second-order valence-electron chi connectivity index (χ2n) is 5.82. The van der Waals surface area contributed by atoms with Crippen molar-refractivity contribution in [2.24, 2.45) is 0 Å².